The first-order valence-electron chi connectivity index (χ1n) is 3.94. The highest BCUT2D eigenvalue weighted by Gasteiger charge is 2.08. The number of aromatic nitrogens is 1. The van der Waals surface area contributed by atoms with Crippen LogP contribution in [0.25, 0.3) is 0 Å². The van der Waals surface area contributed by atoms with E-state index in [2.05, 4.69) is 34.3 Å². The summed E-state index contributed by atoms with van der Waals surface area (Å²) in [5, 5.41) is 8.93. The summed E-state index contributed by atoms with van der Waals surface area (Å²) in [5.74, 6) is 0. The van der Waals surface area contributed by atoms with Gasteiger partial charge in [-0.15, -0.1) is 0 Å². The highest BCUT2D eigenvalue weighted by Crippen LogP contribution is 2.09. The van der Waals surface area contributed by atoms with Crippen molar-refractivity contribution in [3.63, 3.8) is 0 Å². The Labute approximate surface area is 81.0 Å². The zero-order valence-electron chi connectivity index (χ0n) is 7.29. The summed E-state index contributed by atoms with van der Waals surface area (Å²) < 4.78 is 3.07. The Morgan fingerprint density at radius 2 is 2.17 bits per heavy atom. The lowest BCUT2D eigenvalue weighted by molar-refractivity contribution is -0.717. The molecule has 0 amide bonds. The topological polar surface area (TPSA) is 24.1 Å². The molecule has 3 heteroatoms. The minimum atomic E-state index is 0.0894. The first kappa shape index (κ1) is 9.68. The summed E-state index contributed by atoms with van der Waals surface area (Å²) in [6.07, 6.45) is 3.96. The van der Waals surface area contributed by atoms with E-state index < -0.39 is 0 Å². The molecule has 1 N–H and O–H groups in total. The molecule has 0 bridgehead atoms. The smallest absolute Gasteiger partial charge is 0.183 e. The molecule has 0 saturated carbocycles. The predicted octanol–water partition coefficient (Wildman–Crippen LogP) is 1.81. The molecule has 0 aliphatic heterocycles. The Morgan fingerprint density at radius 1 is 1.50 bits per heavy atom. The monoisotopic (exact) mass is 230 g/mol. The lowest BCUT2D eigenvalue weighted by Crippen LogP contribution is -2.35. The Kier molecular flexibility index (Phi) is 3.23. The summed E-state index contributed by atoms with van der Waals surface area (Å²) in [6.45, 7) is 4.30. The maximum atomic E-state index is 8.93. The Balaban J connectivity index is 3.06. The van der Waals surface area contributed by atoms with Crippen molar-refractivity contribution in [2.45, 2.75) is 26.5 Å². The van der Waals surface area contributed by atoms with Gasteiger partial charge in [-0.05, 0) is 35.8 Å². The van der Waals surface area contributed by atoms with Crippen LogP contribution in [0.3, 0.4) is 0 Å². The second-order valence-corrected chi connectivity index (χ2v) is 3.98. The van der Waals surface area contributed by atoms with Crippen molar-refractivity contribution in [2.75, 3.05) is 0 Å². The van der Waals surface area contributed by atoms with Crippen LogP contribution < -0.4 is 4.57 Å². The van der Waals surface area contributed by atoms with E-state index in [1.54, 1.807) is 0 Å². The molecule has 0 saturated heterocycles. The van der Waals surface area contributed by atoms with Gasteiger partial charge in [0.05, 0.1) is 11.1 Å². The molecule has 0 aliphatic rings. The minimum absolute atomic E-state index is 0.0894. The van der Waals surface area contributed by atoms with E-state index in [1.807, 2.05) is 18.5 Å². The van der Waals surface area contributed by atoms with Gasteiger partial charge in [0.15, 0.2) is 18.4 Å². The third-order valence-corrected chi connectivity index (χ3v) is 2.12. The summed E-state index contributed by atoms with van der Waals surface area (Å²) >= 11 is 3.39. The van der Waals surface area contributed by atoms with Gasteiger partial charge >= 0.3 is 0 Å². The average molecular weight is 231 g/mol. The average Bonchev–Trinajstić information content (AvgIpc) is 2.03. The van der Waals surface area contributed by atoms with E-state index in [1.165, 1.54) is 0 Å². The molecular formula is C9H13BrNO+. The first-order chi connectivity index (χ1) is 5.63. The van der Waals surface area contributed by atoms with Crippen molar-refractivity contribution in [3.8, 4) is 0 Å². The fraction of sp³-hybridized carbons (Fsp3) is 0.444. The number of hydrogen-bond donors (Lipinski definition) is 1. The van der Waals surface area contributed by atoms with Crippen molar-refractivity contribution in [3.05, 3.63) is 28.5 Å². The molecule has 0 atom stereocenters. The third kappa shape index (κ3) is 2.29. The summed E-state index contributed by atoms with van der Waals surface area (Å²) in [7, 11) is 0. The lowest BCUT2D eigenvalue weighted by atomic mass is 10.3. The predicted molar refractivity (Wildman–Crippen MR) is 50.6 cm³/mol. The standard InChI is InChI=1S/C9H13BrNO/c1-7(2)11-4-8(6-12)3-9(10)5-11/h3-5,7,12H,6H2,1-2H3/q+1. The largest absolute Gasteiger partial charge is 0.391 e. The second-order valence-electron chi connectivity index (χ2n) is 3.06. The van der Waals surface area contributed by atoms with Crippen LogP contribution in [0.4, 0.5) is 0 Å². The molecular weight excluding hydrogens is 218 g/mol. The van der Waals surface area contributed by atoms with Crippen LogP contribution in [0.15, 0.2) is 22.9 Å². The SMILES string of the molecule is CC(C)[n+]1cc(Br)cc(CO)c1. The van der Waals surface area contributed by atoms with E-state index in [0.29, 0.717) is 6.04 Å². The van der Waals surface area contributed by atoms with Gasteiger partial charge in [0.25, 0.3) is 0 Å². The molecule has 12 heavy (non-hydrogen) atoms. The maximum Gasteiger partial charge on any atom is 0.183 e. The molecule has 0 radical (unpaired) electrons. The normalized spacial score (nSPS) is 10.8. The molecule has 0 aromatic carbocycles. The molecule has 0 fully saturated rings. The molecule has 66 valence electrons. The van der Waals surface area contributed by atoms with Crippen molar-refractivity contribution in [1.29, 1.82) is 0 Å². The molecule has 0 aliphatic carbocycles. The molecule has 1 aromatic heterocycles. The molecule has 2 nitrogen and oxygen atoms in total. The molecule has 1 heterocycles. The maximum absolute atomic E-state index is 8.93. The quantitative estimate of drug-likeness (QED) is 0.771. The van der Waals surface area contributed by atoms with Crippen LogP contribution in [0.1, 0.15) is 25.5 Å². The van der Waals surface area contributed by atoms with Gasteiger partial charge < -0.3 is 5.11 Å². The van der Waals surface area contributed by atoms with E-state index in [4.69, 9.17) is 5.11 Å². The van der Waals surface area contributed by atoms with Crippen LogP contribution >= 0.6 is 15.9 Å². The fourth-order valence-corrected chi connectivity index (χ4v) is 1.54. The number of hydrogen-bond acceptors (Lipinski definition) is 1. The van der Waals surface area contributed by atoms with Crippen LogP contribution in [0.5, 0.6) is 0 Å². The van der Waals surface area contributed by atoms with E-state index in [0.717, 1.165) is 10.0 Å². The zero-order valence-corrected chi connectivity index (χ0v) is 8.87. The molecule has 1 aromatic rings. The lowest BCUT2D eigenvalue weighted by Gasteiger charge is -2.02. The third-order valence-electron chi connectivity index (χ3n) is 1.69. The number of halogens is 1. The van der Waals surface area contributed by atoms with Gasteiger partial charge in [0.1, 0.15) is 0 Å². The zero-order chi connectivity index (χ0) is 9.14. The summed E-state index contributed by atoms with van der Waals surface area (Å²) in [5.41, 5.74) is 0.929. The van der Waals surface area contributed by atoms with Gasteiger partial charge in [-0.2, -0.15) is 0 Å². The van der Waals surface area contributed by atoms with Crippen LogP contribution in [0.2, 0.25) is 0 Å². The van der Waals surface area contributed by atoms with Crippen LogP contribution in [0, 0.1) is 0 Å². The number of rotatable bonds is 2. The first-order valence-corrected chi connectivity index (χ1v) is 4.74. The van der Waals surface area contributed by atoms with Gasteiger partial charge in [0.2, 0.25) is 0 Å². The number of nitrogens with zero attached hydrogens (tertiary/aromatic N) is 1. The van der Waals surface area contributed by atoms with E-state index >= 15 is 0 Å². The van der Waals surface area contributed by atoms with E-state index in [-0.39, 0.29) is 6.61 Å². The van der Waals surface area contributed by atoms with Gasteiger partial charge in [0, 0.05) is 5.56 Å². The van der Waals surface area contributed by atoms with Gasteiger partial charge in [-0.25, -0.2) is 4.57 Å². The Hall–Kier alpha value is -0.410. The van der Waals surface area contributed by atoms with Crippen molar-refractivity contribution >= 4 is 15.9 Å². The Morgan fingerprint density at radius 3 is 2.67 bits per heavy atom. The Bertz CT molecular complexity index is 273. The van der Waals surface area contributed by atoms with E-state index in [9.17, 15) is 0 Å². The van der Waals surface area contributed by atoms with Crippen molar-refractivity contribution < 1.29 is 9.67 Å². The highest BCUT2D eigenvalue weighted by atomic mass is 79.9. The summed E-state index contributed by atoms with van der Waals surface area (Å²) in [6, 6.07) is 2.34. The fourth-order valence-electron chi connectivity index (χ4n) is 1.01. The number of aliphatic hydroxyl groups excluding tert-OH is 1. The van der Waals surface area contributed by atoms with Crippen LogP contribution in [-0.4, -0.2) is 5.11 Å². The van der Waals surface area contributed by atoms with Gasteiger partial charge in [-0.1, -0.05) is 0 Å². The molecule has 0 spiro atoms. The van der Waals surface area contributed by atoms with Crippen LogP contribution in [-0.2, 0) is 6.61 Å². The molecule has 0 unspecified atom stereocenters. The second kappa shape index (κ2) is 4.01. The summed E-state index contributed by atoms with van der Waals surface area (Å²) in [4.78, 5) is 0. The minimum Gasteiger partial charge on any atom is -0.391 e. The van der Waals surface area contributed by atoms with Crippen molar-refractivity contribution in [1.82, 2.24) is 0 Å². The molecule has 1 rings (SSSR count). The van der Waals surface area contributed by atoms with Gasteiger partial charge in [-0.3, -0.25) is 0 Å². The number of aliphatic hydroxyl groups is 1. The number of pyridine rings is 1. The highest BCUT2D eigenvalue weighted by molar-refractivity contribution is 9.10. The van der Waals surface area contributed by atoms with Crippen molar-refractivity contribution in [2.24, 2.45) is 0 Å².